The van der Waals surface area contributed by atoms with Crippen molar-refractivity contribution in [3.63, 3.8) is 0 Å². The minimum Gasteiger partial charge on any atom is -0.310 e. The quantitative estimate of drug-likeness (QED) is 0.683. The van der Waals surface area contributed by atoms with Crippen molar-refractivity contribution in [1.82, 2.24) is 0 Å². The number of rotatable bonds is 3. The lowest BCUT2D eigenvalue weighted by Gasteiger charge is -2.14. The maximum Gasteiger partial charge on any atom is 0.268 e. The molecule has 1 amide bonds. The maximum atomic E-state index is 12.3. The third-order valence-corrected chi connectivity index (χ3v) is 4.89. The van der Waals surface area contributed by atoms with Crippen LogP contribution in [0.15, 0.2) is 59.3 Å². The number of carbonyl (C=O) groups excluding carboxylic acids is 1. The fraction of sp³-hybridized carbons (Fsp3) is 0.0625. The monoisotopic (exact) mass is 299 g/mol. The van der Waals surface area contributed by atoms with Gasteiger partial charge in [0.15, 0.2) is 0 Å². The SMILES string of the molecule is CN(C(=O)c1cccs1)c1csc(-c2ccccc2)c1. The Morgan fingerprint density at radius 2 is 1.85 bits per heavy atom. The van der Waals surface area contributed by atoms with Crippen molar-refractivity contribution in [3.8, 4) is 10.4 Å². The van der Waals surface area contributed by atoms with Crippen LogP contribution in [0.5, 0.6) is 0 Å². The number of anilines is 1. The predicted octanol–water partition coefficient (Wildman–Crippen LogP) is 4.75. The normalized spacial score (nSPS) is 10.4. The van der Waals surface area contributed by atoms with E-state index in [-0.39, 0.29) is 5.91 Å². The van der Waals surface area contributed by atoms with Gasteiger partial charge in [0.2, 0.25) is 0 Å². The summed E-state index contributed by atoms with van der Waals surface area (Å²) >= 11 is 3.12. The molecule has 0 aliphatic carbocycles. The number of carbonyl (C=O) groups is 1. The first-order valence-corrected chi connectivity index (χ1v) is 7.97. The van der Waals surface area contributed by atoms with Crippen LogP contribution in [0.3, 0.4) is 0 Å². The lowest BCUT2D eigenvalue weighted by molar-refractivity contribution is 0.0997. The van der Waals surface area contributed by atoms with Crippen LogP contribution in [0, 0.1) is 0 Å². The van der Waals surface area contributed by atoms with E-state index < -0.39 is 0 Å². The average molecular weight is 299 g/mol. The van der Waals surface area contributed by atoms with Crippen LogP contribution in [-0.4, -0.2) is 13.0 Å². The Balaban J connectivity index is 1.85. The highest BCUT2D eigenvalue weighted by Gasteiger charge is 2.15. The highest BCUT2D eigenvalue weighted by molar-refractivity contribution is 7.14. The van der Waals surface area contributed by atoms with E-state index in [0.717, 1.165) is 10.6 Å². The van der Waals surface area contributed by atoms with Gasteiger partial charge in [-0.2, -0.15) is 0 Å². The third-order valence-electron chi connectivity index (χ3n) is 3.07. The zero-order chi connectivity index (χ0) is 13.9. The van der Waals surface area contributed by atoms with Crippen molar-refractivity contribution >= 4 is 34.3 Å². The Morgan fingerprint density at radius 1 is 1.05 bits per heavy atom. The Hall–Kier alpha value is -1.91. The van der Waals surface area contributed by atoms with E-state index in [1.165, 1.54) is 21.8 Å². The molecular weight excluding hydrogens is 286 g/mol. The van der Waals surface area contributed by atoms with Crippen molar-refractivity contribution in [3.05, 3.63) is 64.2 Å². The first-order valence-electron chi connectivity index (χ1n) is 6.21. The largest absolute Gasteiger partial charge is 0.310 e. The second kappa shape index (κ2) is 5.61. The summed E-state index contributed by atoms with van der Waals surface area (Å²) in [4.78, 5) is 15.9. The fourth-order valence-corrected chi connectivity index (χ4v) is 3.57. The molecule has 4 heteroatoms. The molecular formula is C16H13NOS2. The van der Waals surface area contributed by atoms with Crippen molar-refractivity contribution in [2.75, 3.05) is 11.9 Å². The van der Waals surface area contributed by atoms with Gasteiger partial charge >= 0.3 is 0 Å². The molecule has 0 saturated heterocycles. The van der Waals surface area contributed by atoms with Gasteiger partial charge in [0.25, 0.3) is 5.91 Å². The van der Waals surface area contributed by atoms with E-state index in [1.54, 1.807) is 16.2 Å². The van der Waals surface area contributed by atoms with Gasteiger partial charge in [-0.1, -0.05) is 36.4 Å². The number of nitrogens with zero attached hydrogens (tertiary/aromatic N) is 1. The third kappa shape index (κ3) is 2.53. The van der Waals surface area contributed by atoms with E-state index in [4.69, 9.17) is 0 Å². The van der Waals surface area contributed by atoms with Crippen LogP contribution < -0.4 is 4.90 Å². The molecule has 2 heterocycles. The van der Waals surface area contributed by atoms with Crippen LogP contribution >= 0.6 is 22.7 Å². The van der Waals surface area contributed by atoms with Gasteiger partial charge in [0.1, 0.15) is 0 Å². The molecule has 100 valence electrons. The van der Waals surface area contributed by atoms with Gasteiger partial charge in [0.05, 0.1) is 10.6 Å². The van der Waals surface area contributed by atoms with E-state index >= 15 is 0 Å². The summed E-state index contributed by atoms with van der Waals surface area (Å²) in [6, 6.07) is 16.0. The molecule has 0 aliphatic rings. The van der Waals surface area contributed by atoms with E-state index in [1.807, 2.05) is 48.1 Å². The standard InChI is InChI=1S/C16H13NOS2/c1-17(16(18)14-8-5-9-19-14)13-10-15(20-11-13)12-6-3-2-4-7-12/h2-11H,1H3. The second-order valence-corrected chi connectivity index (χ2v) is 6.24. The summed E-state index contributed by atoms with van der Waals surface area (Å²) in [7, 11) is 1.82. The van der Waals surface area contributed by atoms with Gasteiger partial charge in [-0.25, -0.2) is 0 Å². The van der Waals surface area contributed by atoms with Gasteiger partial charge in [0, 0.05) is 17.3 Å². The molecule has 0 radical (unpaired) electrons. The van der Waals surface area contributed by atoms with Crippen LogP contribution in [0.25, 0.3) is 10.4 Å². The van der Waals surface area contributed by atoms with Crippen LogP contribution in [-0.2, 0) is 0 Å². The first-order chi connectivity index (χ1) is 9.75. The summed E-state index contributed by atoms with van der Waals surface area (Å²) in [5.41, 5.74) is 2.12. The van der Waals surface area contributed by atoms with Crippen molar-refractivity contribution in [2.24, 2.45) is 0 Å². The highest BCUT2D eigenvalue weighted by Crippen LogP contribution is 2.31. The minimum atomic E-state index is 0.0393. The molecule has 2 aromatic heterocycles. The molecule has 0 spiro atoms. The molecule has 0 saturated carbocycles. The highest BCUT2D eigenvalue weighted by atomic mass is 32.1. The number of hydrogen-bond donors (Lipinski definition) is 0. The minimum absolute atomic E-state index is 0.0393. The van der Waals surface area contributed by atoms with Crippen LogP contribution in [0.4, 0.5) is 5.69 Å². The smallest absolute Gasteiger partial charge is 0.268 e. The number of amides is 1. The average Bonchev–Trinajstić information content (AvgIpc) is 3.18. The Morgan fingerprint density at radius 3 is 2.55 bits per heavy atom. The zero-order valence-electron chi connectivity index (χ0n) is 10.9. The zero-order valence-corrected chi connectivity index (χ0v) is 12.6. The molecule has 0 unspecified atom stereocenters. The van der Waals surface area contributed by atoms with Crippen LogP contribution in [0.2, 0.25) is 0 Å². The molecule has 20 heavy (non-hydrogen) atoms. The summed E-state index contributed by atoms with van der Waals surface area (Å²) in [5.74, 6) is 0.0393. The molecule has 0 bridgehead atoms. The summed E-state index contributed by atoms with van der Waals surface area (Å²) in [5, 5.41) is 3.94. The van der Waals surface area contributed by atoms with Gasteiger partial charge in [-0.3, -0.25) is 4.79 Å². The molecule has 3 aromatic rings. The van der Waals surface area contributed by atoms with Crippen molar-refractivity contribution < 1.29 is 4.79 Å². The number of hydrogen-bond acceptors (Lipinski definition) is 3. The van der Waals surface area contributed by atoms with Crippen molar-refractivity contribution in [1.29, 1.82) is 0 Å². The fourth-order valence-electron chi connectivity index (χ4n) is 1.94. The second-order valence-electron chi connectivity index (χ2n) is 4.38. The van der Waals surface area contributed by atoms with E-state index in [0.29, 0.717) is 0 Å². The molecule has 2 nitrogen and oxygen atoms in total. The van der Waals surface area contributed by atoms with Crippen LogP contribution in [0.1, 0.15) is 9.67 Å². The number of benzene rings is 1. The molecule has 0 N–H and O–H groups in total. The molecule has 1 aromatic carbocycles. The number of thiophene rings is 2. The molecule has 3 rings (SSSR count). The lowest BCUT2D eigenvalue weighted by atomic mass is 10.2. The molecule has 0 fully saturated rings. The predicted molar refractivity (Wildman–Crippen MR) is 86.8 cm³/mol. The lowest BCUT2D eigenvalue weighted by Crippen LogP contribution is -2.24. The maximum absolute atomic E-state index is 12.3. The first kappa shape index (κ1) is 13.1. The Bertz CT molecular complexity index is 701. The molecule has 0 aliphatic heterocycles. The van der Waals surface area contributed by atoms with Crippen molar-refractivity contribution in [2.45, 2.75) is 0 Å². The Labute approximate surface area is 125 Å². The topological polar surface area (TPSA) is 20.3 Å². The summed E-state index contributed by atoms with van der Waals surface area (Å²) < 4.78 is 0. The van der Waals surface area contributed by atoms with Gasteiger partial charge < -0.3 is 4.90 Å². The van der Waals surface area contributed by atoms with Gasteiger partial charge in [-0.05, 0) is 23.1 Å². The summed E-state index contributed by atoms with van der Waals surface area (Å²) in [6.07, 6.45) is 0. The van der Waals surface area contributed by atoms with Gasteiger partial charge in [-0.15, -0.1) is 22.7 Å². The van der Waals surface area contributed by atoms with E-state index in [2.05, 4.69) is 18.2 Å². The Kier molecular flexibility index (Phi) is 3.67. The molecule has 0 atom stereocenters. The van der Waals surface area contributed by atoms with E-state index in [9.17, 15) is 4.79 Å². The summed E-state index contributed by atoms with van der Waals surface area (Å²) in [6.45, 7) is 0.